The Hall–Kier alpha value is -2.25. The molecule has 4 rings (SSSR count). The summed E-state index contributed by atoms with van der Waals surface area (Å²) in [4.78, 5) is 12.3. The molecule has 3 aromatic rings. The van der Waals surface area contributed by atoms with Gasteiger partial charge in [-0.15, -0.1) is 0 Å². The van der Waals surface area contributed by atoms with Gasteiger partial charge in [0.1, 0.15) is 11.6 Å². The van der Waals surface area contributed by atoms with E-state index in [1.165, 1.54) is 0 Å². The Morgan fingerprint density at radius 3 is 2.73 bits per heavy atom. The summed E-state index contributed by atoms with van der Waals surface area (Å²) in [5, 5.41) is 1.01. The number of H-pyrrole nitrogens is 1. The molecular weight excluding hydrogens is 348 g/mol. The van der Waals surface area contributed by atoms with Crippen molar-refractivity contribution in [3.63, 3.8) is 0 Å². The van der Waals surface area contributed by atoms with Crippen molar-refractivity contribution in [2.24, 2.45) is 0 Å². The molecule has 1 fully saturated rings. The SMILES string of the molecule is Cc1nc(C2CCCN2S(=O)(=O)Cc2ccc3ccccc3n2)[nH]c1C. The lowest BCUT2D eigenvalue weighted by atomic mass is 10.2. The molecule has 1 aliphatic rings. The molecule has 1 N–H and O–H groups in total. The third kappa shape index (κ3) is 3.12. The van der Waals surface area contributed by atoms with Gasteiger partial charge in [-0.3, -0.25) is 4.98 Å². The predicted octanol–water partition coefficient (Wildman–Crippen LogP) is 3.24. The van der Waals surface area contributed by atoms with E-state index in [0.717, 1.165) is 41.0 Å². The van der Waals surface area contributed by atoms with E-state index in [-0.39, 0.29) is 11.8 Å². The van der Waals surface area contributed by atoms with E-state index in [1.807, 2.05) is 44.2 Å². The van der Waals surface area contributed by atoms with Gasteiger partial charge in [0.05, 0.1) is 22.9 Å². The van der Waals surface area contributed by atoms with Crippen LogP contribution in [0.25, 0.3) is 10.9 Å². The Bertz CT molecular complexity index is 1040. The largest absolute Gasteiger partial charge is 0.345 e. The summed E-state index contributed by atoms with van der Waals surface area (Å²) in [5.74, 6) is 0.653. The fourth-order valence-corrected chi connectivity index (χ4v) is 5.24. The van der Waals surface area contributed by atoms with E-state index in [4.69, 9.17) is 0 Å². The van der Waals surface area contributed by atoms with Crippen molar-refractivity contribution < 1.29 is 8.42 Å². The first-order valence-electron chi connectivity index (χ1n) is 8.81. The van der Waals surface area contributed by atoms with Gasteiger partial charge in [-0.25, -0.2) is 13.4 Å². The number of aromatic amines is 1. The second-order valence-corrected chi connectivity index (χ2v) is 8.77. The molecule has 0 aliphatic carbocycles. The Morgan fingerprint density at radius 1 is 1.15 bits per heavy atom. The molecular formula is C19H22N4O2S. The maximum atomic E-state index is 13.1. The molecule has 7 heteroatoms. The lowest BCUT2D eigenvalue weighted by Crippen LogP contribution is -2.32. The molecule has 0 radical (unpaired) electrons. The van der Waals surface area contributed by atoms with Crippen molar-refractivity contribution in [2.45, 2.75) is 38.5 Å². The number of nitrogens with one attached hydrogen (secondary N) is 1. The molecule has 1 atom stereocenters. The lowest BCUT2D eigenvalue weighted by molar-refractivity contribution is 0.384. The first-order chi connectivity index (χ1) is 12.4. The monoisotopic (exact) mass is 370 g/mol. The van der Waals surface area contributed by atoms with Crippen molar-refractivity contribution in [2.75, 3.05) is 6.54 Å². The topological polar surface area (TPSA) is 79.0 Å². The summed E-state index contributed by atoms with van der Waals surface area (Å²) in [6.45, 7) is 4.42. The molecule has 3 heterocycles. The van der Waals surface area contributed by atoms with Gasteiger partial charge >= 0.3 is 0 Å². The van der Waals surface area contributed by atoms with Gasteiger partial charge < -0.3 is 4.98 Å². The second-order valence-electron chi connectivity index (χ2n) is 6.85. The van der Waals surface area contributed by atoms with Gasteiger partial charge in [-0.05, 0) is 38.8 Å². The number of hydrogen-bond acceptors (Lipinski definition) is 4. The van der Waals surface area contributed by atoms with Crippen LogP contribution in [0.1, 0.15) is 41.8 Å². The number of benzene rings is 1. The van der Waals surface area contributed by atoms with Crippen LogP contribution >= 0.6 is 0 Å². The zero-order chi connectivity index (χ0) is 18.3. The fraction of sp³-hybridized carbons (Fsp3) is 0.368. The van der Waals surface area contributed by atoms with E-state index in [9.17, 15) is 8.42 Å². The molecule has 1 aromatic carbocycles. The molecule has 1 saturated heterocycles. The quantitative estimate of drug-likeness (QED) is 0.765. The minimum absolute atomic E-state index is 0.0903. The first kappa shape index (κ1) is 17.2. The van der Waals surface area contributed by atoms with E-state index in [2.05, 4.69) is 15.0 Å². The minimum atomic E-state index is -3.47. The van der Waals surface area contributed by atoms with Crippen molar-refractivity contribution in [1.29, 1.82) is 0 Å². The highest BCUT2D eigenvalue weighted by Gasteiger charge is 2.37. The molecule has 0 bridgehead atoms. The van der Waals surface area contributed by atoms with Gasteiger partial charge in [0.15, 0.2) is 0 Å². The minimum Gasteiger partial charge on any atom is -0.345 e. The highest BCUT2D eigenvalue weighted by atomic mass is 32.2. The summed E-state index contributed by atoms with van der Waals surface area (Å²) in [6, 6.07) is 11.2. The van der Waals surface area contributed by atoms with Crippen LogP contribution in [-0.4, -0.2) is 34.2 Å². The number of imidazole rings is 1. The van der Waals surface area contributed by atoms with Crippen LogP contribution in [0, 0.1) is 13.8 Å². The lowest BCUT2D eigenvalue weighted by Gasteiger charge is -2.22. The van der Waals surface area contributed by atoms with Crippen LogP contribution in [0.4, 0.5) is 0 Å². The Kier molecular flexibility index (Phi) is 4.28. The highest BCUT2D eigenvalue weighted by molar-refractivity contribution is 7.88. The Balaban J connectivity index is 1.62. The number of rotatable bonds is 4. The summed E-state index contributed by atoms with van der Waals surface area (Å²) in [7, 11) is -3.47. The Morgan fingerprint density at radius 2 is 1.96 bits per heavy atom. The zero-order valence-electron chi connectivity index (χ0n) is 14.9. The van der Waals surface area contributed by atoms with Crippen LogP contribution in [0.2, 0.25) is 0 Å². The third-order valence-electron chi connectivity index (χ3n) is 5.01. The van der Waals surface area contributed by atoms with E-state index >= 15 is 0 Å². The molecule has 0 saturated carbocycles. The van der Waals surface area contributed by atoms with Crippen LogP contribution in [0.3, 0.4) is 0 Å². The van der Waals surface area contributed by atoms with E-state index in [0.29, 0.717) is 12.2 Å². The number of fused-ring (bicyclic) bond motifs is 1. The standard InChI is InChI=1S/C19H22N4O2S/c1-13-14(2)21-19(20-13)18-8-5-11-23(18)26(24,25)12-16-10-9-15-6-3-4-7-17(15)22-16/h3-4,6-7,9-10,18H,5,8,11-12H2,1-2H3,(H,20,21). The zero-order valence-corrected chi connectivity index (χ0v) is 15.8. The molecule has 0 amide bonds. The molecule has 136 valence electrons. The van der Waals surface area contributed by atoms with Crippen LogP contribution in [-0.2, 0) is 15.8 Å². The molecule has 26 heavy (non-hydrogen) atoms. The van der Waals surface area contributed by atoms with Gasteiger partial charge in [0, 0.05) is 17.6 Å². The second kappa shape index (κ2) is 6.48. The van der Waals surface area contributed by atoms with Crippen LogP contribution < -0.4 is 0 Å². The maximum Gasteiger partial charge on any atom is 0.220 e. The number of pyridine rings is 1. The first-order valence-corrected chi connectivity index (χ1v) is 10.4. The number of nitrogens with zero attached hydrogens (tertiary/aromatic N) is 3. The van der Waals surface area contributed by atoms with Gasteiger partial charge in [-0.1, -0.05) is 24.3 Å². The average Bonchev–Trinajstić information content (AvgIpc) is 3.22. The number of aromatic nitrogens is 3. The molecule has 0 spiro atoms. The number of aryl methyl sites for hydroxylation is 2. The fourth-order valence-electron chi connectivity index (χ4n) is 3.54. The van der Waals surface area contributed by atoms with Crippen molar-refractivity contribution in [3.05, 3.63) is 59.3 Å². The summed E-state index contributed by atoms with van der Waals surface area (Å²) >= 11 is 0. The molecule has 2 aromatic heterocycles. The Labute approximate surface area is 153 Å². The van der Waals surface area contributed by atoms with Gasteiger partial charge in [-0.2, -0.15) is 4.31 Å². The number of hydrogen-bond donors (Lipinski definition) is 1. The normalized spacial score (nSPS) is 18.6. The van der Waals surface area contributed by atoms with E-state index < -0.39 is 10.0 Å². The molecule has 1 aliphatic heterocycles. The van der Waals surface area contributed by atoms with E-state index in [1.54, 1.807) is 10.4 Å². The summed E-state index contributed by atoms with van der Waals surface area (Å²) in [6.07, 6.45) is 1.63. The predicted molar refractivity (Wildman–Crippen MR) is 101 cm³/mol. The number of sulfonamides is 1. The average molecular weight is 370 g/mol. The van der Waals surface area contributed by atoms with Gasteiger partial charge in [0.2, 0.25) is 10.0 Å². The summed E-state index contributed by atoms with van der Waals surface area (Å²) in [5.41, 5.74) is 3.29. The van der Waals surface area contributed by atoms with Crippen LogP contribution in [0.15, 0.2) is 36.4 Å². The molecule has 6 nitrogen and oxygen atoms in total. The third-order valence-corrected chi connectivity index (χ3v) is 6.82. The smallest absolute Gasteiger partial charge is 0.220 e. The number of para-hydroxylation sites is 1. The van der Waals surface area contributed by atoms with Gasteiger partial charge in [0.25, 0.3) is 0 Å². The molecule has 1 unspecified atom stereocenters. The summed E-state index contributed by atoms with van der Waals surface area (Å²) < 4.78 is 27.7. The van der Waals surface area contributed by atoms with Crippen LogP contribution in [0.5, 0.6) is 0 Å². The maximum absolute atomic E-state index is 13.1. The van der Waals surface area contributed by atoms with Crippen molar-refractivity contribution in [3.8, 4) is 0 Å². The highest BCUT2D eigenvalue weighted by Crippen LogP contribution is 2.34. The van der Waals surface area contributed by atoms with Crippen molar-refractivity contribution in [1.82, 2.24) is 19.3 Å². The van der Waals surface area contributed by atoms with Crippen molar-refractivity contribution >= 4 is 20.9 Å².